The van der Waals surface area contributed by atoms with Gasteiger partial charge in [0, 0.05) is 0 Å². The van der Waals surface area contributed by atoms with Gasteiger partial charge in [0.2, 0.25) is 0 Å². The van der Waals surface area contributed by atoms with E-state index in [2.05, 4.69) is 34.4 Å². The van der Waals surface area contributed by atoms with Crippen molar-refractivity contribution in [3.8, 4) is 68.9 Å². The Labute approximate surface area is 250 Å². The quantitative estimate of drug-likeness (QED) is 0.262. The molecule has 41 heavy (non-hydrogen) atoms. The van der Waals surface area contributed by atoms with Crippen molar-refractivity contribution in [2.45, 2.75) is 6.92 Å². The van der Waals surface area contributed by atoms with Crippen LogP contribution >= 0.6 is 0 Å². The van der Waals surface area contributed by atoms with Crippen LogP contribution < -0.4 is 44.0 Å². The predicted molar refractivity (Wildman–Crippen MR) is 175 cm³/mol. The van der Waals surface area contributed by atoms with E-state index >= 15 is 0 Å². The first kappa shape index (κ1) is 31.3. The Morgan fingerprint density at radius 1 is 0.463 bits per heavy atom. The molecule has 0 saturated carbocycles. The molecule has 0 aliphatic heterocycles. The Morgan fingerprint density at radius 2 is 0.756 bits per heavy atom. The summed E-state index contributed by atoms with van der Waals surface area (Å²) < 4.78 is 33.2. The molecule has 0 atom stereocenters. The summed E-state index contributed by atoms with van der Waals surface area (Å²) in [6.45, 7) is 1.99. The van der Waals surface area contributed by atoms with Crippen LogP contribution in [0.25, 0.3) is 0 Å². The van der Waals surface area contributed by atoms with E-state index in [1.807, 2.05) is 61.5 Å². The summed E-state index contributed by atoms with van der Waals surface area (Å²) in [6.07, 6.45) is 0. The molecule has 3 aromatic carbocycles. The molecule has 3 rings (SSSR count). The smallest absolute Gasteiger partial charge is 0.160 e. The minimum atomic E-state index is -0.999. The molecule has 6 nitrogen and oxygen atoms in total. The maximum absolute atomic E-state index is 5.61. The van der Waals surface area contributed by atoms with Crippen LogP contribution in [-0.2, 0) is 0 Å². The van der Waals surface area contributed by atoms with Gasteiger partial charge in [0.25, 0.3) is 0 Å². The maximum atomic E-state index is 5.61. The summed E-state index contributed by atoms with van der Waals surface area (Å²) in [6, 6.07) is 17.7. The zero-order chi connectivity index (χ0) is 29.7. The lowest BCUT2D eigenvalue weighted by Gasteiger charge is -2.12. The van der Waals surface area contributed by atoms with Crippen molar-refractivity contribution >= 4 is 44.1 Å². The molecule has 0 unspecified atom stereocenters. The summed E-state index contributed by atoms with van der Waals surface area (Å²) in [5.41, 5.74) is 9.52. The van der Waals surface area contributed by atoms with Gasteiger partial charge in [-0.1, -0.05) is 54.2 Å². The largest absolute Gasteiger partial charge is 0.493 e. The molecule has 9 heteroatoms. The van der Waals surface area contributed by atoms with Crippen molar-refractivity contribution in [1.82, 2.24) is 0 Å². The molecule has 0 N–H and O–H groups in total. The van der Waals surface area contributed by atoms with Crippen molar-refractivity contribution in [2.75, 3.05) is 42.7 Å². The van der Waals surface area contributed by atoms with Gasteiger partial charge < -0.3 is 28.4 Å². The topological polar surface area (TPSA) is 55.4 Å². The molecular formula is C32H36O6Si3. The fraction of sp³-hybridized carbons (Fsp3) is 0.250. The lowest BCUT2D eigenvalue weighted by atomic mass is 9.95. The summed E-state index contributed by atoms with van der Waals surface area (Å²) in [5, 5.41) is 3.23. The number of rotatable bonds is 9. The highest BCUT2D eigenvalue weighted by Crippen LogP contribution is 2.25. The average Bonchev–Trinajstić information content (AvgIpc) is 3.00. The summed E-state index contributed by atoms with van der Waals surface area (Å²) in [7, 11) is 6.87. The second-order valence-electron chi connectivity index (χ2n) is 9.02. The van der Waals surface area contributed by atoms with E-state index in [1.54, 1.807) is 42.7 Å². The van der Waals surface area contributed by atoms with Crippen molar-refractivity contribution in [2.24, 2.45) is 5.41 Å². The van der Waals surface area contributed by atoms with Gasteiger partial charge in [0.05, 0.1) is 42.7 Å². The second-order valence-corrected chi connectivity index (χ2v) is 13.4. The molecule has 0 saturated heterocycles. The Kier molecular flexibility index (Phi) is 11.9. The molecule has 0 fully saturated rings. The van der Waals surface area contributed by atoms with Crippen LogP contribution in [0.3, 0.4) is 0 Å². The van der Waals surface area contributed by atoms with Crippen LogP contribution in [0.1, 0.15) is 6.92 Å². The fourth-order valence-electron chi connectivity index (χ4n) is 4.32. The Morgan fingerprint density at radius 3 is 1.00 bits per heavy atom. The maximum Gasteiger partial charge on any atom is 0.160 e. The zero-order valence-corrected chi connectivity index (χ0v) is 29.0. The molecule has 0 bridgehead atoms. The molecule has 0 aliphatic carbocycles. The standard InChI is InChI=1S/C32H36O6Si3/c1-32(17-20-39-26-14-8-11-23(33-2)29(26)36-5,18-21-40-27-15-9-12-24(34-3)30(27)37-6)19-22-41-28-16-10-13-25(35-4)31(28)38-7/h8-16H,39-41H2,1-7H3. The van der Waals surface area contributed by atoms with Crippen LogP contribution in [0.4, 0.5) is 0 Å². The highest BCUT2D eigenvalue weighted by atomic mass is 28.2. The minimum absolute atomic E-state index is 0.707. The SMILES string of the molecule is COc1cccc([SiH2]C#CC(C)(C#C[SiH2]c2cccc(OC)c2OC)C#C[SiH2]c2cccc(OC)c2OC)c1OC. The highest BCUT2D eigenvalue weighted by Gasteiger charge is 2.16. The molecule has 3 aromatic rings. The Hall–Kier alpha value is -4.21. The van der Waals surface area contributed by atoms with Gasteiger partial charge in [-0.2, -0.15) is 0 Å². The van der Waals surface area contributed by atoms with Crippen LogP contribution in [-0.4, -0.2) is 71.2 Å². The van der Waals surface area contributed by atoms with Crippen LogP contribution in [0.2, 0.25) is 0 Å². The third-order valence-corrected chi connectivity index (χ3v) is 10.2. The van der Waals surface area contributed by atoms with Crippen molar-refractivity contribution < 1.29 is 28.4 Å². The number of benzene rings is 3. The van der Waals surface area contributed by atoms with Gasteiger partial charge in [-0.05, 0) is 40.7 Å². The van der Waals surface area contributed by atoms with Gasteiger partial charge in [-0.25, -0.2) is 0 Å². The van der Waals surface area contributed by atoms with Gasteiger partial charge in [-0.3, -0.25) is 0 Å². The van der Waals surface area contributed by atoms with Gasteiger partial charge in [-0.15, -0.1) is 16.6 Å². The van der Waals surface area contributed by atoms with E-state index in [0.29, 0.717) is 17.2 Å². The monoisotopic (exact) mass is 600 g/mol. The molecule has 212 valence electrons. The molecule has 0 spiro atoms. The van der Waals surface area contributed by atoms with E-state index in [1.165, 1.54) is 0 Å². The Balaban J connectivity index is 1.96. The minimum Gasteiger partial charge on any atom is -0.493 e. The first-order valence-corrected chi connectivity index (χ1v) is 17.3. The molecule has 0 radical (unpaired) electrons. The lowest BCUT2D eigenvalue weighted by molar-refractivity contribution is 0.357. The number of hydrogen-bond donors (Lipinski definition) is 0. The summed E-state index contributed by atoms with van der Waals surface area (Å²) >= 11 is 0. The molecule has 0 aliphatic rings. The third kappa shape index (κ3) is 8.15. The van der Waals surface area contributed by atoms with E-state index in [9.17, 15) is 0 Å². The number of hydrogen-bond acceptors (Lipinski definition) is 6. The van der Waals surface area contributed by atoms with Gasteiger partial charge in [0.15, 0.2) is 34.5 Å². The second kappa shape index (κ2) is 15.5. The third-order valence-electron chi connectivity index (χ3n) is 6.31. The van der Waals surface area contributed by atoms with E-state index in [4.69, 9.17) is 28.4 Å². The van der Waals surface area contributed by atoms with Crippen LogP contribution in [0.15, 0.2) is 54.6 Å². The summed E-state index contributed by atoms with van der Waals surface area (Å²) in [5.74, 6) is 14.6. The van der Waals surface area contributed by atoms with Gasteiger partial charge in [0.1, 0.15) is 34.0 Å². The zero-order valence-electron chi connectivity index (χ0n) is 24.8. The van der Waals surface area contributed by atoms with Crippen molar-refractivity contribution in [3.63, 3.8) is 0 Å². The van der Waals surface area contributed by atoms with Gasteiger partial charge >= 0.3 is 0 Å². The number of para-hydroxylation sites is 3. The number of ether oxygens (including phenoxy) is 6. The lowest BCUT2D eigenvalue weighted by Crippen LogP contribution is -2.19. The van der Waals surface area contributed by atoms with Crippen LogP contribution in [0.5, 0.6) is 34.5 Å². The molecule has 0 heterocycles. The normalized spacial score (nSPS) is 12.1. The van der Waals surface area contributed by atoms with Crippen molar-refractivity contribution in [1.29, 1.82) is 0 Å². The average molecular weight is 601 g/mol. The van der Waals surface area contributed by atoms with E-state index < -0.39 is 34.0 Å². The highest BCUT2D eigenvalue weighted by molar-refractivity contribution is 6.64. The molecule has 0 amide bonds. The first-order valence-electron chi connectivity index (χ1n) is 13.0. The molecule has 0 aromatic heterocycles. The van der Waals surface area contributed by atoms with Crippen LogP contribution in [0, 0.1) is 39.8 Å². The van der Waals surface area contributed by atoms with E-state index in [0.717, 1.165) is 32.8 Å². The summed E-state index contributed by atoms with van der Waals surface area (Å²) in [4.78, 5) is 0. The molecular weight excluding hydrogens is 565 g/mol. The predicted octanol–water partition coefficient (Wildman–Crippen LogP) is 0.410. The first-order chi connectivity index (χ1) is 19.9. The van der Waals surface area contributed by atoms with E-state index in [-0.39, 0.29) is 0 Å². The fourth-order valence-corrected chi connectivity index (χ4v) is 8.42. The number of methoxy groups -OCH3 is 6. The van der Waals surface area contributed by atoms with Crippen molar-refractivity contribution in [3.05, 3.63) is 54.6 Å². The Bertz CT molecular complexity index is 1350.